The maximum atomic E-state index is 11.0. The molecule has 0 amide bonds. The molecule has 0 spiro atoms. The molecule has 0 aromatic heterocycles. The van der Waals surface area contributed by atoms with E-state index in [1.165, 1.54) is 0 Å². The topological polar surface area (TPSA) is 93.1 Å². The minimum Gasteiger partial charge on any atom is -0.478 e. The molecule has 0 radical (unpaired) electrons. The molecule has 0 unspecified atom stereocenters. The first kappa shape index (κ1) is 13.7. The lowest BCUT2D eigenvalue weighted by atomic mass is 9.80. The van der Waals surface area contributed by atoms with Gasteiger partial charge < -0.3 is 19.7 Å². The highest BCUT2D eigenvalue weighted by molar-refractivity contribution is 5.94. The predicted octanol–water partition coefficient (Wildman–Crippen LogP) is 0.873. The Morgan fingerprint density at radius 1 is 1.29 bits per heavy atom. The van der Waals surface area contributed by atoms with Gasteiger partial charge in [-0.1, -0.05) is 6.92 Å². The number of hydrogen-bond donors (Lipinski definition) is 2. The highest BCUT2D eigenvalue weighted by Gasteiger charge is 2.34. The summed E-state index contributed by atoms with van der Waals surface area (Å²) in [5, 5.41) is 17.6. The van der Waals surface area contributed by atoms with Gasteiger partial charge in [0.05, 0.1) is 13.2 Å². The lowest BCUT2D eigenvalue weighted by molar-refractivity contribution is -0.166. The summed E-state index contributed by atoms with van der Waals surface area (Å²) in [4.78, 5) is 21.5. The standard InChI is InChI=1S/C11H16O6/c1-2-11(5-16-7-17-6-11)4-8(10(14)15)3-9(12)13/h3H,2,4-7H2,1H3,(H,12,13)(H,14,15)/b8-3-. The van der Waals surface area contributed by atoms with E-state index in [-0.39, 0.29) is 18.8 Å². The second-order valence-electron chi connectivity index (χ2n) is 4.16. The number of carbonyl (C=O) groups is 2. The second kappa shape index (κ2) is 5.79. The van der Waals surface area contributed by atoms with E-state index in [0.29, 0.717) is 19.6 Å². The van der Waals surface area contributed by atoms with Gasteiger partial charge in [-0.05, 0) is 12.8 Å². The van der Waals surface area contributed by atoms with E-state index in [9.17, 15) is 9.59 Å². The number of carboxylic acid groups (broad SMARTS) is 2. The number of hydrogen-bond acceptors (Lipinski definition) is 4. The molecular formula is C11H16O6. The van der Waals surface area contributed by atoms with Gasteiger partial charge >= 0.3 is 11.9 Å². The van der Waals surface area contributed by atoms with Gasteiger partial charge in [0, 0.05) is 17.1 Å². The molecule has 6 nitrogen and oxygen atoms in total. The molecule has 96 valence electrons. The van der Waals surface area contributed by atoms with Crippen LogP contribution in [0.25, 0.3) is 0 Å². The molecule has 0 aromatic rings. The minimum absolute atomic E-state index is 0.130. The van der Waals surface area contributed by atoms with Crippen LogP contribution in [0.1, 0.15) is 19.8 Å². The molecule has 1 heterocycles. The molecule has 1 aliphatic heterocycles. The van der Waals surface area contributed by atoms with Crippen LogP contribution in [0.2, 0.25) is 0 Å². The summed E-state index contributed by atoms with van der Waals surface area (Å²) in [6.45, 7) is 2.87. The Morgan fingerprint density at radius 2 is 1.88 bits per heavy atom. The Morgan fingerprint density at radius 3 is 2.29 bits per heavy atom. The highest BCUT2D eigenvalue weighted by atomic mass is 16.7. The van der Waals surface area contributed by atoms with E-state index in [1.807, 2.05) is 6.92 Å². The molecular weight excluding hydrogens is 228 g/mol. The third kappa shape index (κ3) is 3.83. The van der Waals surface area contributed by atoms with Crippen LogP contribution < -0.4 is 0 Å². The molecule has 0 aliphatic carbocycles. The average Bonchev–Trinajstić information content (AvgIpc) is 2.29. The maximum absolute atomic E-state index is 11.0. The van der Waals surface area contributed by atoms with Crippen LogP contribution in [-0.4, -0.2) is 42.2 Å². The third-order valence-electron chi connectivity index (χ3n) is 2.87. The van der Waals surface area contributed by atoms with Crippen LogP contribution in [0.5, 0.6) is 0 Å². The first-order chi connectivity index (χ1) is 7.99. The van der Waals surface area contributed by atoms with Crippen molar-refractivity contribution in [2.75, 3.05) is 20.0 Å². The van der Waals surface area contributed by atoms with Crippen molar-refractivity contribution >= 4 is 11.9 Å². The zero-order valence-electron chi connectivity index (χ0n) is 9.64. The largest absolute Gasteiger partial charge is 0.478 e. The summed E-state index contributed by atoms with van der Waals surface area (Å²) in [6.07, 6.45) is 1.52. The van der Waals surface area contributed by atoms with Gasteiger partial charge in [0.2, 0.25) is 0 Å². The van der Waals surface area contributed by atoms with Crippen molar-refractivity contribution in [1.82, 2.24) is 0 Å². The predicted molar refractivity (Wildman–Crippen MR) is 57.5 cm³/mol. The van der Waals surface area contributed by atoms with Crippen molar-refractivity contribution < 1.29 is 29.3 Å². The zero-order chi connectivity index (χ0) is 12.9. The van der Waals surface area contributed by atoms with Crippen LogP contribution in [-0.2, 0) is 19.1 Å². The number of aliphatic carboxylic acids is 2. The number of carboxylic acids is 2. The average molecular weight is 244 g/mol. The molecule has 17 heavy (non-hydrogen) atoms. The molecule has 1 rings (SSSR count). The first-order valence-corrected chi connectivity index (χ1v) is 5.31. The lowest BCUT2D eigenvalue weighted by Crippen LogP contribution is -2.38. The van der Waals surface area contributed by atoms with Gasteiger partial charge in [-0.2, -0.15) is 0 Å². The van der Waals surface area contributed by atoms with Gasteiger partial charge in [-0.25, -0.2) is 9.59 Å². The Kier molecular flexibility index (Phi) is 4.65. The molecule has 0 saturated carbocycles. The molecule has 1 saturated heterocycles. The highest BCUT2D eigenvalue weighted by Crippen LogP contribution is 2.33. The van der Waals surface area contributed by atoms with Crippen LogP contribution in [0.15, 0.2) is 11.6 Å². The summed E-state index contributed by atoms with van der Waals surface area (Å²) in [6, 6.07) is 0. The summed E-state index contributed by atoms with van der Waals surface area (Å²) in [5.41, 5.74) is -0.578. The molecule has 2 N–H and O–H groups in total. The van der Waals surface area contributed by atoms with Gasteiger partial charge in [-0.15, -0.1) is 0 Å². The van der Waals surface area contributed by atoms with Crippen LogP contribution in [0.3, 0.4) is 0 Å². The quantitative estimate of drug-likeness (QED) is 0.697. The maximum Gasteiger partial charge on any atom is 0.331 e. The van der Waals surface area contributed by atoms with Crippen LogP contribution in [0, 0.1) is 5.41 Å². The molecule has 0 aromatic carbocycles. The van der Waals surface area contributed by atoms with Crippen LogP contribution in [0.4, 0.5) is 0 Å². The fourth-order valence-corrected chi connectivity index (χ4v) is 1.79. The van der Waals surface area contributed by atoms with Gasteiger partial charge in [0.15, 0.2) is 0 Å². The van der Waals surface area contributed by atoms with E-state index < -0.39 is 17.4 Å². The molecule has 0 atom stereocenters. The van der Waals surface area contributed by atoms with Crippen molar-refractivity contribution in [3.63, 3.8) is 0 Å². The summed E-state index contributed by atoms with van der Waals surface area (Å²) >= 11 is 0. The van der Waals surface area contributed by atoms with E-state index >= 15 is 0 Å². The van der Waals surface area contributed by atoms with E-state index in [1.54, 1.807) is 0 Å². The molecule has 1 aliphatic rings. The Hall–Kier alpha value is -1.40. The SMILES string of the molecule is CCC1(C/C(=C/C(=O)O)C(=O)O)COCOC1. The Labute approximate surface area is 98.8 Å². The van der Waals surface area contributed by atoms with Crippen molar-refractivity contribution in [2.45, 2.75) is 19.8 Å². The summed E-state index contributed by atoms with van der Waals surface area (Å²) in [5.74, 6) is -2.47. The number of rotatable bonds is 5. The normalized spacial score (nSPS) is 19.9. The van der Waals surface area contributed by atoms with E-state index in [2.05, 4.69) is 0 Å². The molecule has 6 heteroatoms. The van der Waals surface area contributed by atoms with Gasteiger partial charge in [-0.3, -0.25) is 0 Å². The smallest absolute Gasteiger partial charge is 0.331 e. The lowest BCUT2D eigenvalue weighted by Gasteiger charge is -2.35. The van der Waals surface area contributed by atoms with Crippen molar-refractivity contribution in [2.24, 2.45) is 5.41 Å². The number of ether oxygens (including phenoxy) is 2. The van der Waals surface area contributed by atoms with Crippen molar-refractivity contribution in [3.8, 4) is 0 Å². The fraction of sp³-hybridized carbons (Fsp3) is 0.636. The van der Waals surface area contributed by atoms with Gasteiger partial charge in [0.25, 0.3) is 0 Å². The van der Waals surface area contributed by atoms with Gasteiger partial charge in [0.1, 0.15) is 6.79 Å². The van der Waals surface area contributed by atoms with E-state index in [4.69, 9.17) is 19.7 Å². The summed E-state index contributed by atoms with van der Waals surface area (Å²) in [7, 11) is 0. The Bertz CT molecular complexity index is 327. The fourth-order valence-electron chi connectivity index (χ4n) is 1.79. The molecule has 0 bridgehead atoms. The monoisotopic (exact) mass is 244 g/mol. The zero-order valence-corrected chi connectivity index (χ0v) is 9.64. The third-order valence-corrected chi connectivity index (χ3v) is 2.87. The molecule has 1 fully saturated rings. The van der Waals surface area contributed by atoms with Crippen molar-refractivity contribution in [3.05, 3.63) is 11.6 Å². The first-order valence-electron chi connectivity index (χ1n) is 5.31. The van der Waals surface area contributed by atoms with E-state index in [0.717, 1.165) is 6.08 Å². The van der Waals surface area contributed by atoms with Crippen molar-refractivity contribution in [1.29, 1.82) is 0 Å². The summed E-state index contributed by atoms with van der Waals surface area (Å²) < 4.78 is 10.3. The second-order valence-corrected chi connectivity index (χ2v) is 4.16. The van der Waals surface area contributed by atoms with Crippen LogP contribution >= 0.6 is 0 Å². The Balaban J connectivity index is 2.83. The minimum atomic E-state index is -1.26.